The lowest BCUT2D eigenvalue weighted by atomic mass is 10.0. The number of hydrogen-bond acceptors (Lipinski definition) is 3. The van der Waals surface area contributed by atoms with Crippen molar-refractivity contribution in [1.82, 2.24) is 0 Å². The molecule has 114 valence electrons. The number of carbonyl (C=O) groups excluding carboxylic acids is 2. The molecule has 22 heavy (non-hydrogen) atoms. The van der Waals surface area contributed by atoms with Crippen LogP contribution >= 0.6 is 15.9 Å². The lowest BCUT2D eigenvalue weighted by molar-refractivity contribution is -0.115. The van der Waals surface area contributed by atoms with Crippen LogP contribution in [0.5, 0.6) is 5.75 Å². The smallest absolute Gasteiger partial charge is 0.228 e. The van der Waals surface area contributed by atoms with Crippen LogP contribution in [0.25, 0.3) is 0 Å². The first-order chi connectivity index (χ1) is 10.5. The average Bonchev–Trinajstić information content (AvgIpc) is 2.49. The van der Waals surface area contributed by atoms with Crippen molar-refractivity contribution in [1.29, 1.82) is 0 Å². The normalized spacial score (nSPS) is 10.1. The number of Topliss-reactive ketones (excluding diaryl/α,β-unsaturated/α-hetero) is 1. The van der Waals surface area contributed by atoms with Crippen LogP contribution in [-0.2, 0) is 11.2 Å². The molecule has 0 bridgehead atoms. The SMILES string of the molecule is COc1ccc(C(C)=O)cc1CC(=O)Nc1ccc(Br)cc1. The van der Waals surface area contributed by atoms with Crippen molar-refractivity contribution < 1.29 is 14.3 Å². The lowest BCUT2D eigenvalue weighted by Crippen LogP contribution is -2.15. The molecule has 4 nitrogen and oxygen atoms in total. The molecule has 0 aliphatic heterocycles. The van der Waals surface area contributed by atoms with E-state index in [9.17, 15) is 9.59 Å². The molecule has 0 unspecified atom stereocenters. The molecule has 2 aromatic carbocycles. The summed E-state index contributed by atoms with van der Waals surface area (Å²) in [5.74, 6) is 0.384. The monoisotopic (exact) mass is 361 g/mol. The number of hydrogen-bond donors (Lipinski definition) is 1. The van der Waals surface area contributed by atoms with Crippen molar-refractivity contribution in [2.45, 2.75) is 13.3 Å². The van der Waals surface area contributed by atoms with Gasteiger partial charge in [-0.1, -0.05) is 15.9 Å². The van der Waals surface area contributed by atoms with E-state index in [-0.39, 0.29) is 18.1 Å². The second kappa shape index (κ2) is 7.22. The van der Waals surface area contributed by atoms with Crippen LogP contribution in [0.1, 0.15) is 22.8 Å². The summed E-state index contributed by atoms with van der Waals surface area (Å²) >= 11 is 3.34. The fourth-order valence-electron chi connectivity index (χ4n) is 2.05. The Morgan fingerprint density at radius 2 is 1.82 bits per heavy atom. The minimum absolute atomic E-state index is 0.0442. The van der Waals surface area contributed by atoms with Gasteiger partial charge in [-0.05, 0) is 49.4 Å². The predicted molar refractivity (Wildman–Crippen MR) is 89.5 cm³/mol. The van der Waals surface area contributed by atoms with Crippen molar-refractivity contribution >= 4 is 33.3 Å². The fraction of sp³-hybridized carbons (Fsp3) is 0.176. The summed E-state index contributed by atoms with van der Waals surface area (Å²) in [5.41, 5.74) is 1.96. The fourth-order valence-corrected chi connectivity index (χ4v) is 2.31. The van der Waals surface area contributed by atoms with Crippen LogP contribution in [0.15, 0.2) is 46.9 Å². The third-order valence-electron chi connectivity index (χ3n) is 3.17. The minimum Gasteiger partial charge on any atom is -0.496 e. The zero-order chi connectivity index (χ0) is 16.1. The molecule has 2 aromatic rings. The summed E-state index contributed by atoms with van der Waals surface area (Å²) in [6.07, 6.45) is 0.139. The van der Waals surface area contributed by atoms with Crippen molar-refractivity contribution in [2.75, 3.05) is 12.4 Å². The molecule has 0 aliphatic rings. The van der Waals surface area contributed by atoms with Crippen LogP contribution in [-0.4, -0.2) is 18.8 Å². The van der Waals surface area contributed by atoms with Crippen LogP contribution in [0.2, 0.25) is 0 Å². The summed E-state index contributed by atoms with van der Waals surface area (Å²) in [6, 6.07) is 12.4. The van der Waals surface area contributed by atoms with Gasteiger partial charge in [0.1, 0.15) is 5.75 Å². The van der Waals surface area contributed by atoms with Gasteiger partial charge in [0.15, 0.2) is 5.78 Å². The molecule has 0 atom stereocenters. The number of anilines is 1. The quantitative estimate of drug-likeness (QED) is 0.823. The Hall–Kier alpha value is -2.14. The van der Waals surface area contributed by atoms with Crippen LogP contribution in [0.3, 0.4) is 0 Å². The van der Waals surface area contributed by atoms with Gasteiger partial charge in [-0.15, -0.1) is 0 Å². The van der Waals surface area contributed by atoms with Gasteiger partial charge in [-0.25, -0.2) is 0 Å². The number of amides is 1. The predicted octanol–water partition coefficient (Wildman–Crippen LogP) is 3.84. The molecule has 0 aromatic heterocycles. The Balaban J connectivity index is 2.14. The molecule has 0 radical (unpaired) electrons. The highest BCUT2D eigenvalue weighted by Gasteiger charge is 2.11. The highest BCUT2D eigenvalue weighted by Crippen LogP contribution is 2.22. The Labute approximate surface area is 137 Å². The number of rotatable bonds is 5. The van der Waals surface area contributed by atoms with Gasteiger partial charge in [0.05, 0.1) is 13.5 Å². The van der Waals surface area contributed by atoms with Gasteiger partial charge in [0.2, 0.25) is 5.91 Å². The second-order valence-electron chi connectivity index (χ2n) is 4.81. The summed E-state index contributed by atoms with van der Waals surface area (Å²) < 4.78 is 6.20. The maximum atomic E-state index is 12.2. The maximum absolute atomic E-state index is 12.2. The average molecular weight is 362 g/mol. The first kappa shape index (κ1) is 16.2. The Morgan fingerprint density at radius 1 is 1.14 bits per heavy atom. The molecule has 1 N–H and O–H groups in total. The molecule has 1 amide bonds. The van der Waals surface area contributed by atoms with Crippen LogP contribution in [0, 0.1) is 0 Å². The molecule has 5 heteroatoms. The molecule has 0 saturated heterocycles. The molecule has 2 rings (SSSR count). The van der Waals surface area contributed by atoms with Gasteiger partial charge < -0.3 is 10.1 Å². The summed E-state index contributed by atoms with van der Waals surface area (Å²) in [7, 11) is 1.54. The number of methoxy groups -OCH3 is 1. The number of halogens is 1. The van der Waals surface area contributed by atoms with Gasteiger partial charge >= 0.3 is 0 Å². The van der Waals surface area contributed by atoms with E-state index in [1.165, 1.54) is 6.92 Å². The third kappa shape index (κ3) is 4.18. The third-order valence-corrected chi connectivity index (χ3v) is 3.69. The van der Waals surface area contributed by atoms with E-state index < -0.39 is 0 Å². The summed E-state index contributed by atoms with van der Waals surface area (Å²) in [5, 5.41) is 2.82. The van der Waals surface area contributed by atoms with E-state index in [2.05, 4.69) is 21.2 Å². The zero-order valence-electron chi connectivity index (χ0n) is 12.4. The Kier molecular flexibility index (Phi) is 5.33. The molecule has 0 fully saturated rings. The standard InChI is InChI=1S/C17H16BrNO3/c1-11(20)12-3-8-16(22-2)13(9-12)10-17(21)19-15-6-4-14(18)5-7-15/h3-9H,10H2,1-2H3,(H,19,21). The molecular weight excluding hydrogens is 346 g/mol. The molecule has 0 saturated carbocycles. The van der Waals surface area contributed by atoms with Crippen molar-refractivity contribution in [2.24, 2.45) is 0 Å². The van der Waals surface area contributed by atoms with Crippen LogP contribution < -0.4 is 10.1 Å². The number of ether oxygens (including phenoxy) is 1. The molecule has 0 aliphatic carbocycles. The molecule has 0 heterocycles. The summed E-state index contributed by atoms with van der Waals surface area (Å²) in [4.78, 5) is 23.6. The number of carbonyl (C=O) groups is 2. The van der Waals surface area contributed by atoms with Crippen molar-refractivity contribution in [3.8, 4) is 5.75 Å². The Bertz CT molecular complexity index is 696. The number of nitrogens with one attached hydrogen (secondary N) is 1. The van der Waals surface area contributed by atoms with Gasteiger partial charge in [0.25, 0.3) is 0 Å². The number of ketones is 1. The lowest BCUT2D eigenvalue weighted by Gasteiger charge is -2.10. The van der Waals surface area contributed by atoms with Gasteiger partial charge in [0, 0.05) is 21.3 Å². The summed E-state index contributed by atoms with van der Waals surface area (Å²) in [6.45, 7) is 1.49. The van der Waals surface area contributed by atoms with E-state index >= 15 is 0 Å². The van der Waals surface area contributed by atoms with Gasteiger partial charge in [-0.3, -0.25) is 9.59 Å². The minimum atomic E-state index is -0.165. The second-order valence-corrected chi connectivity index (χ2v) is 5.73. The van der Waals surface area contributed by atoms with E-state index in [0.29, 0.717) is 16.9 Å². The van der Waals surface area contributed by atoms with Crippen molar-refractivity contribution in [3.63, 3.8) is 0 Å². The van der Waals surface area contributed by atoms with E-state index in [4.69, 9.17) is 4.74 Å². The molecule has 0 spiro atoms. The highest BCUT2D eigenvalue weighted by molar-refractivity contribution is 9.10. The van der Waals surface area contributed by atoms with Gasteiger partial charge in [-0.2, -0.15) is 0 Å². The first-order valence-corrected chi connectivity index (χ1v) is 7.52. The van der Waals surface area contributed by atoms with Crippen molar-refractivity contribution in [3.05, 3.63) is 58.1 Å². The van der Waals surface area contributed by atoms with E-state index in [1.54, 1.807) is 25.3 Å². The maximum Gasteiger partial charge on any atom is 0.228 e. The molecular formula is C17H16BrNO3. The largest absolute Gasteiger partial charge is 0.496 e. The van der Waals surface area contributed by atoms with E-state index in [1.807, 2.05) is 24.3 Å². The van der Waals surface area contributed by atoms with E-state index in [0.717, 1.165) is 10.2 Å². The zero-order valence-corrected chi connectivity index (χ0v) is 13.9. The Morgan fingerprint density at radius 3 is 2.41 bits per heavy atom. The van der Waals surface area contributed by atoms with Crippen LogP contribution in [0.4, 0.5) is 5.69 Å². The highest BCUT2D eigenvalue weighted by atomic mass is 79.9. The topological polar surface area (TPSA) is 55.4 Å². The number of benzene rings is 2. The first-order valence-electron chi connectivity index (χ1n) is 6.73.